The van der Waals surface area contributed by atoms with Crippen LogP contribution in [0.4, 0.5) is 0 Å². The SMILES string of the molecule is Cc1cccc(OC(C)C(=O)NNC(=O)c2cc(Cl)cc3cccnc23)c1C. The van der Waals surface area contributed by atoms with E-state index >= 15 is 0 Å². The van der Waals surface area contributed by atoms with Crippen LogP contribution in [0.5, 0.6) is 5.75 Å². The minimum atomic E-state index is -0.796. The highest BCUT2D eigenvalue weighted by Gasteiger charge is 2.18. The van der Waals surface area contributed by atoms with Crippen molar-refractivity contribution >= 4 is 34.3 Å². The number of aryl methyl sites for hydroxylation is 1. The van der Waals surface area contributed by atoms with Gasteiger partial charge in [0.2, 0.25) is 0 Å². The zero-order valence-electron chi connectivity index (χ0n) is 15.7. The molecule has 1 atom stereocenters. The van der Waals surface area contributed by atoms with E-state index in [1.807, 2.05) is 32.0 Å². The van der Waals surface area contributed by atoms with Gasteiger partial charge in [0.25, 0.3) is 11.8 Å². The number of ether oxygens (including phenoxy) is 1. The van der Waals surface area contributed by atoms with Crippen LogP contribution in [-0.2, 0) is 4.79 Å². The standard InChI is InChI=1S/C21H20ClN3O3/c1-12-6-4-8-18(13(12)2)28-14(3)20(26)24-25-21(27)17-11-16(22)10-15-7-5-9-23-19(15)17/h4-11,14H,1-3H3,(H,24,26)(H,25,27). The van der Waals surface area contributed by atoms with Crippen LogP contribution < -0.4 is 15.6 Å². The number of pyridine rings is 1. The summed E-state index contributed by atoms with van der Waals surface area (Å²) in [5.41, 5.74) is 7.58. The Kier molecular flexibility index (Phi) is 5.80. The molecule has 0 aliphatic carbocycles. The number of rotatable bonds is 4. The molecule has 7 heteroatoms. The van der Waals surface area contributed by atoms with Gasteiger partial charge in [0, 0.05) is 16.6 Å². The molecule has 0 spiro atoms. The summed E-state index contributed by atoms with van der Waals surface area (Å²) in [4.78, 5) is 29.1. The number of hydrogen-bond donors (Lipinski definition) is 2. The molecule has 1 unspecified atom stereocenters. The van der Waals surface area contributed by atoms with Gasteiger partial charge in [-0.2, -0.15) is 0 Å². The second-order valence-electron chi connectivity index (χ2n) is 6.43. The van der Waals surface area contributed by atoms with Gasteiger partial charge in [0.15, 0.2) is 6.10 Å². The fourth-order valence-electron chi connectivity index (χ4n) is 2.71. The molecule has 0 fully saturated rings. The van der Waals surface area contributed by atoms with Gasteiger partial charge in [-0.1, -0.05) is 29.8 Å². The Hall–Kier alpha value is -3.12. The van der Waals surface area contributed by atoms with E-state index in [0.717, 1.165) is 16.5 Å². The molecule has 2 N–H and O–H groups in total. The predicted molar refractivity (Wildman–Crippen MR) is 108 cm³/mol. The molecule has 2 amide bonds. The van der Waals surface area contributed by atoms with Gasteiger partial charge in [-0.25, -0.2) is 0 Å². The lowest BCUT2D eigenvalue weighted by Crippen LogP contribution is -2.47. The molecule has 1 heterocycles. The van der Waals surface area contributed by atoms with Crippen molar-refractivity contribution < 1.29 is 14.3 Å². The summed E-state index contributed by atoms with van der Waals surface area (Å²) < 4.78 is 5.72. The molecule has 3 rings (SSSR count). The van der Waals surface area contributed by atoms with Gasteiger partial charge in [-0.15, -0.1) is 0 Å². The quantitative estimate of drug-likeness (QED) is 0.657. The Labute approximate surface area is 167 Å². The molecule has 0 saturated carbocycles. The first-order chi connectivity index (χ1) is 13.4. The molecule has 144 valence electrons. The maximum Gasteiger partial charge on any atom is 0.279 e. The summed E-state index contributed by atoms with van der Waals surface area (Å²) in [6.45, 7) is 5.50. The molecule has 2 aromatic carbocycles. The second kappa shape index (κ2) is 8.27. The average Bonchev–Trinajstić information content (AvgIpc) is 2.68. The molecular weight excluding hydrogens is 378 g/mol. The average molecular weight is 398 g/mol. The third-order valence-electron chi connectivity index (χ3n) is 4.44. The van der Waals surface area contributed by atoms with Crippen molar-refractivity contribution in [3.05, 3.63) is 70.4 Å². The summed E-state index contributed by atoms with van der Waals surface area (Å²) in [6.07, 6.45) is 0.793. The van der Waals surface area contributed by atoms with Gasteiger partial charge in [-0.05, 0) is 56.2 Å². The maximum atomic E-state index is 12.5. The van der Waals surface area contributed by atoms with Crippen molar-refractivity contribution in [1.82, 2.24) is 15.8 Å². The van der Waals surface area contributed by atoms with E-state index in [2.05, 4.69) is 15.8 Å². The monoisotopic (exact) mass is 397 g/mol. The number of halogens is 1. The van der Waals surface area contributed by atoms with Crippen LogP contribution in [0.15, 0.2) is 48.7 Å². The first-order valence-corrected chi connectivity index (χ1v) is 9.12. The van der Waals surface area contributed by atoms with E-state index in [9.17, 15) is 9.59 Å². The Morgan fingerprint density at radius 3 is 2.68 bits per heavy atom. The van der Waals surface area contributed by atoms with Crippen LogP contribution in [0.3, 0.4) is 0 Å². The van der Waals surface area contributed by atoms with Crippen LogP contribution in [-0.4, -0.2) is 22.9 Å². The van der Waals surface area contributed by atoms with E-state index in [-0.39, 0.29) is 5.56 Å². The highest BCUT2D eigenvalue weighted by molar-refractivity contribution is 6.32. The third kappa shape index (κ3) is 4.23. The van der Waals surface area contributed by atoms with Gasteiger partial charge < -0.3 is 4.74 Å². The Bertz CT molecular complexity index is 1050. The molecule has 0 aliphatic rings. The number of nitrogens with zero attached hydrogens (tertiary/aromatic N) is 1. The summed E-state index contributed by atoms with van der Waals surface area (Å²) in [5.74, 6) is -0.369. The molecule has 28 heavy (non-hydrogen) atoms. The molecular formula is C21H20ClN3O3. The highest BCUT2D eigenvalue weighted by Crippen LogP contribution is 2.23. The number of hydrogen-bond acceptors (Lipinski definition) is 4. The van der Waals surface area contributed by atoms with Gasteiger partial charge >= 0.3 is 0 Å². The van der Waals surface area contributed by atoms with Crippen molar-refractivity contribution in [3.8, 4) is 5.75 Å². The highest BCUT2D eigenvalue weighted by atomic mass is 35.5. The number of nitrogens with one attached hydrogen (secondary N) is 2. The van der Waals surface area contributed by atoms with Crippen molar-refractivity contribution in [2.75, 3.05) is 0 Å². The van der Waals surface area contributed by atoms with Crippen molar-refractivity contribution in [3.63, 3.8) is 0 Å². The molecule has 0 saturated heterocycles. The number of benzene rings is 2. The predicted octanol–water partition coefficient (Wildman–Crippen LogP) is 3.73. The number of carbonyl (C=O) groups is 2. The zero-order chi connectivity index (χ0) is 20.3. The molecule has 0 bridgehead atoms. The van der Waals surface area contributed by atoms with Gasteiger partial charge in [0.1, 0.15) is 5.75 Å². The van der Waals surface area contributed by atoms with Gasteiger partial charge in [0.05, 0.1) is 11.1 Å². The van der Waals surface area contributed by atoms with Crippen LogP contribution in [0.25, 0.3) is 10.9 Å². The third-order valence-corrected chi connectivity index (χ3v) is 4.66. The van der Waals surface area contributed by atoms with Crippen LogP contribution >= 0.6 is 11.6 Å². The Morgan fingerprint density at radius 1 is 1.11 bits per heavy atom. The lowest BCUT2D eigenvalue weighted by atomic mass is 10.1. The summed E-state index contributed by atoms with van der Waals surface area (Å²) in [5, 5.41) is 1.14. The minimum absolute atomic E-state index is 0.270. The lowest BCUT2D eigenvalue weighted by Gasteiger charge is -2.17. The van der Waals surface area contributed by atoms with Crippen LogP contribution in [0, 0.1) is 13.8 Å². The number of fused-ring (bicyclic) bond motifs is 1. The van der Waals surface area contributed by atoms with E-state index < -0.39 is 17.9 Å². The van der Waals surface area contributed by atoms with Crippen LogP contribution in [0.1, 0.15) is 28.4 Å². The smallest absolute Gasteiger partial charge is 0.279 e. The molecule has 3 aromatic rings. The molecule has 6 nitrogen and oxygen atoms in total. The Morgan fingerprint density at radius 2 is 1.89 bits per heavy atom. The first kappa shape index (κ1) is 19.6. The minimum Gasteiger partial charge on any atom is -0.481 e. The topological polar surface area (TPSA) is 80.3 Å². The van der Waals surface area contributed by atoms with Crippen molar-refractivity contribution in [2.45, 2.75) is 26.9 Å². The van der Waals surface area contributed by atoms with E-state index in [4.69, 9.17) is 16.3 Å². The van der Waals surface area contributed by atoms with E-state index in [1.165, 1.54) is 6.07 Å². The summed E-state index contributed by atoms with van der Waals surface area (Å²) in [7, 11) is 0. The van der Waals surface area contributed by atoms with Crippen molar-refractivity contribution in [2.24, 2.45) is 0 Å². The number of hydrazine groups is 1. The Balaban J connectivity index is 1.67. The molecule has 0 radical (unpaired) electrons. The summed E-state index contributed by atoms with van der Waals surface area (Å²) >= 11 is 6.08. The van der Waals surface area contributed by atoms with E-state index in [1.54, 1.807) is 31.3 Å². The largest absolute Gasteiger partial charge is 0.481 e. The fourth-order valence-corrected chi connectivity index (χ4v) is 2.94. The maximum absolute atomic E-state index is 12.5. The van der Waals surface area contributed by atoms with E-state index in [0.29, 0.717) is 16.3 Å². The molecule has 0 aliphatic heterocycles. The van der Waals surface area contributed by atoms with Crippen molar-refractivity contribution in [1.29, 1.82) is 0 Å². The molecule has 1 aromatic heterocycles. The fraction of sp³-hybridized carbons (Fsp3) is 0.190. The number of aromatic nitrogens is 1. The van der Waals surface area contributed by atoms with Crippen LogP contribution in [0.2, 0.25) is 5.02 Å². The normalized spacial score (nSPS) is 11.7. The lowest BCUT2D eigenvalue weighted by molar-refractivity contribution is -0.128. The zero-order valence-corrected chi connectivity index (χ0v) is 16.5. The van der Waals surface area contributed by atoms with Gasteiger partial charge in [-0.3, -0.25) is 25.4 Å². The first-order valence-electron chi connectivity index (χ1n) is 8.74. The number of amides is 2. The second-order valence-corrected chi connectivity index (χ2v) is 6.87. The summed E-state index contributed by atoms with van der Waals surface area (Å²) in [6, 6.07) is 12.4. The number of carbonyl (C=O) groups excluding carboxylic acids is 2.